The third-order valence-corrected chi connectivity index (χ3v) is 7.23. The van der Waals surface area contributed by atoms with Crippen molar-refractivity contribution in [2.45, 2.75) is 90.3 Å². The van der Waals surface area contributed by atoms with E-state index >= 15 is 0 Å². The SMILES string of the molecule is CNC(=O)OC(C(=O)N[C@@H](Cc1ccccc1)[C@H](O)CNC[C@@H](O)[C@H](Cc1ccccc1)N(C(=O)[O-])C(C)(C)C)C(C)(C)C. The van der Waals surface area contributed by atoms with Crippen LogP contribution in [-0.2, 0) is 22.4 Å². The van der Waals surface area contributed by atoms with E-state index in [1.807, 2.05) is 60.7 Å². The summed E-state index contributed by atoms with van der Waals surface area (Å²) in [6.45, 7) is 10.5. The van der Waals surface area contributed by atoms with Crippen LogP contribution < -0.4 is 21.1 Å². The van der Waals surface area contributed by atoms with Gasteiger partial charge in [-0.15, -0.1) is 0 Å². The van der Waals surface area contributed by atoms with Gasteiger partial charge in [0.2, 0.25) is 0 Å². The molecule has 0 saturated heterocycles. The van der Waals surface area contributed by atoms with E-state index in [1.54, 1.807) is 41.5 Å². The van der Waals surface area contributed by atoms with Gasteiger partial charge in [-0.2, -0.15) is 0 Å². The standard InChI is InChI=1S/C33H50N4O7/c1-32(2,3)28(44-30(41)34-7)29(40)36-24(18-22-14-10-8-11-15-22)26(38)20-35-21-27(39)25(19-23-16-12-9-13-17-23)37(31(42)43)33(4,5)6/h8-17,24-28,35,38-39H,18-21H2,1-7H3,(H,34,41)(H,36,40)(H,42,43)/p-1/t24-,25-,26+,27+,28?/m0/s1. The molecule has 0 aliphatic rings. The van der Waals surface area contributed by atoms with Crippen LogP contribution in [0.1, 0.15) is 52.7 Å². The van der Waals surface area contributed by atoms with E-state index in [0.29, 0.717) is 0 Å². The predicted octanol–water partition coefficient (Wildman–Crippen LogP) is 1.85. The Kier molecular flexibility index (Phi) is 13.6. The van der Waals surface area contributed by atoms with Gasteiger partial charge in [0.25, 0.3) is 5.91 Å². The van der Waals surface area contributed by atoms with Crippen molar-refractivity contribution in [1.82, 2.24) is 20.9 Å². The normalized spacial score (nSPS) is 15.3. The van der Waals surface area contributed by atoms with Crippen molar-refractivity contribution >= 4 is 18.1 Å². The van der Waals surface area contributed by atoms with Crippen LogP contribution in [0.3, 0.4) is 0 Å². The Bertz CT molecular complexity index is 1180. The zero-order chi connectivity index (χ0) is 33.1. The molecule has 0 heterocycles. The number of hydrogen-bond acceptors (Lipinski definition) is 8. The van der Waals surface area contributed by atoms with Gasteiger partial charge in [-0.3, -0.25) is 4.79 Å². The van der Waals surface area contributed by atoms with Crippen LogP contribution in [-0.4, -0.2) is 89.3 Å². The average Bonchev–Trinajstić information content (AvgIpc) is 2.94. The molecule has 0 aromatic heterocycles. The smallest absolute Gasteiger partial charge is 0.407 e. The van der Waals surface area contributed by atoms with Gasteiger partial charge < -0.3 is 45.7 Å². The number of carbonyl (C=O) groups is 3. The number of carboxylic acid groups (broad SMARTS) is 1. The molecule has 11 heteroatoms. The summed E-state index contributed by atoms with van der Waals surface area (Å²) in [6.07, 6.45) is -4.99. The number of rotatable bonds is 14. The maximum absolute atomic E-state index is 13.4. The Morgan fingerprint density at radius 1 is 0.841 bits per heavy atom. The molecule has 244 valence electrons. The van der Waals surface area contributed by atoms with Crippen LogP contribution in [0.4, 0.5) is 9.59 Å². The number of benzene rings is 2. The number of hydrogen-bond donors (Lipinski definition) is 5. The number of nitrogens with one attached hydrogen (secondary N) is 3. The van der Waals surface area contributed by atoms with Crippen LogP contribution in [0.2, 0.25) is 0 Å². The molecule has 1 unspecified atom stereocenters. The van der Waals surface area contributed by atoms with Crippen molar-refractivity contribution in [2.24, 2.45) is 5.41 Å². The summed E-state index contributed by atoms with van der Waals surface area (Å²) in [5.74, 6) is -0.557. The zero-order valence-electron chi connectivity index (χ0n) is 26.9. The molecule has 3 amide bonds. The van der Waals surface area contributed by atoms with Gasteiger partial charge in [-0.1, -0.05) is 81.4 Å². The van der Waals surface area contributed by atoms with E-state index in [9.17, 15) is 29.7 Å². The Labute approximate surface area is 261 Å². The fourth-order valence-corrected chi connectivity index (χ4v) is 5.02. The molecule has 2 rings (SSSR count). The van der Waals surface area contributed by atoms with Crippen LogP contribution >= 0.6 is 0 Å². The van der Waals surface area contributed by atoms with Gasteiger partial charge >= 0.3 is 6.09 Å². The minimum absolute atomic E-state index is 0.0236. The Hall–Kier alpha value is -3.67. The number of alkyl carbamates (subject to hydrolysis) is 1. The number of amides is 3. The molecule has 44 heavy (non-hydrogen) atoms. The van der Waals surface area contributed by atoms with Gasteiger partial charge in [0.15, 0.2) is 6.10 Å². The Balaban J connectivity index is 2.21. The molecule has 0 aliphatic carbocycles. The third-order valence-electron chi connectivity index (χ3n) is 7.23. The van der Waals surface area contributed by atoms with Crippen LogP contribution in [0.15, 0.2) is 60.7 Å². The van der Waals surface area contributed by atoms with Gasteiger partial charge in [0, 0.05) is 31.1 Å². The van der Waals surface area contributed by atoms with E-state index < -0.39 is 59.4 Å². The van der Waals surface area contributed by atoms with Crippen molar-refractivity contribution in [1.29, 1.82) is 0 Å². The van der Waals surface area contributed by atoms with E-state index in [1.165, 1.54) is 7.05 Å². The Morgan fingerprint density at radius 3 is 1.80 bits per heavy atom. The first-order valence-electron chi connectivity index (χ1n) is 14.9. The van der Waals surface area contributed by atoms with Crippen LogP contribution in [0, 0.1) is 5.41 Å². The summed E-state index contributed by atoms with van der Waals surface area (Å²) in [5, 5.41) is 43.0. The molecule has 0 spiro atoms. The number of nitrogens with zero attached hydrogens (tertiary/aromatic N) is 1. The number of carbonyl (C=O) groups excluding carboxylic acids is 3. The molecule has 2 aromatic carbocycles. The van der Waals surface area contributed by atoms with E-state index in [2.05, 4.69) is 16.0 Å². The summed E-state index contributed by atoms with van der Waals surface area (Å²) in [4.78, 5) is 38.7. The molecule has 5 atom stereocenters. The Morgan fingerprint density at radius 2 is 1.34 bits per heavy atom. The maximum atomic E-state index is 13.4. The predicted molar refractivity (Wildman–Crippen MR) is 167 cm³/mol. The van der Waals surface area contributed by atoms with Crippen molar-refractivity contribution in [3.8, 4) is 0 Å². The quantitative estimate of drug-likeness (QED) is 0.216. The molecular weight excluding hydrogens is 564 g/mol. The molecule has 5 N–H and O–H groups in total. The number of aliphatic hydroxyl groups is 2. The first-order chi connectivity index (χ1) is 20.5. The molecule has 0 fully saturated rings. The summed E-state index contributed by atoms with van der Waals surface area (Å²) >= 11 is 0. The van der Waals surface area contributed by atoms with Crippen molar-refractivity contribution < 1.29 is 34.4 Å². The summed E-state index contributed by atoms with van der Waals surface area (Å²) in [7, 11) is 1.40. The van der Waals surface area contributed by atoms with E-state index in [0.717, 1.165) is 16.0 Å². The van der Waals surface area contributed by atoms with Crippen molar-refractivity contribution in [3.05, 3.63) is 71.8 Å². The largest absolute Gasteiger partial charge is 0.530 e. The fraction of sp³-hybridized carbons (Fsp3) is 0.545. The summed E-state index contributed by atoms with van der Waals surface area (Å²) in [5.41, 5.74) is 0.149. The van der Waals surface area contributed by atoms with E-state index in [4.69, 9.17) is 4.74 Å². The van der Waals surface area contributed by atoms with Crippen molar-refractivity contribution in [3.63, 3.8) is 0 Å². The first kappa shape index (κ1) is 36.5. The molecule has 0 bridgehead atoms. The lowest BCUT2D eigenvalue weighted by atomic mass is 9.88. The van der Waals surface area contributed by atoms with Gasteiger partial charge in [0.05, 0.1) is 24.3 Å². The second kappa shape index (κ2) is 16.4. The molecule has 11 nitrogen and oxygen atoms in total. The molecule has 0 aliphatic heterocycles. The van der Waals surface area contributed by atoms with E-state index in [-0.39, 0.29) is 25.9 Å². The first-order valence-corrected chi connectivity index (χ1v) is 14.9. The third kappa shape index (κ3) is 11.4. The lowest BCUT2D eigenvalue weighted by molar-refractivity contribution is -0.275. The fourth-order valence-electron chi connectivity index (χ4n) is 5.02. The average molecular weight is 614 g/mol. The lowest BCUT2D eigenvalue weighted by Crippen LogP contribution is -2.62. The molecule has 2 aromatic rings. The highest BCUT2D eigenvalue weighted by molar-refractivity contribution is 5.84. The highest BCUT2D eigenvalue weighted by atomic mass is 16.6. The molecular formula is C33H49N4O7-. The minimum Gasteiger partial charge on any atom is -0.530 e. The van der Waals surface area contributed by atoms with Crippen molar-refractivity contribution in [2.75, 3.05) is 20.1 Å². The molecule has 0 saturated carbocycles. The molecule has 0 radical (unpaired) electrons. The monoisotopic (exact) mass is 613 g/mol. The second-order valence-corrected chi connectivity index (χ2v) is 13.1. The van der Waals surface area contributed by atoms with Gasteiger partial charge in [-0.25, -0.2) is 4.79 Å². The highest BCUT2D eigenvalue weighted by Gasteiger charge is 2.37. The number of aliphatic hydroxyl groups excluding tert-OH is 2. The van der Waals surface area contributed by atoms with Gasteiger partial charge in [0.1, 0.15) is 6.09 Å². The van der Waals surface area contributed by atoms with Crippen LogP contribution in [0.25, 0.3) is 0 Å². The highest BCUT2D eigenvalue weighted by Crippen LogP contribution is 2.24. The topological polar surface area (TPSA) is 163 Å². The number of ether oxygens (including phenoxy) is 1. The summed E-state index contributed by atoms with van der Waals surface area (Å²) < 4.78 is 5.36. The zero-order valence-corrected chi connectivity index (χ0v) is 26.9. The summed E-state index contributed by atoms with van der Waals surface area (Å²) in [6, 6.07) is 17.0. The second-order valence-electron chi connectivity index (χ2n) is 13.1. The lowest BCUT2D eigenvalue weighted by Gasteiger charge is -2.45. The van der Waals surface area contributed by atoms with Gasteiger partial charge in [-0.05, 0) is 44.7 Å². The minimum atomic E-state index is -1.39. The van der Waals surface area contributed by atoms with Crippen LogP contribution in [0.5, 0.6) is 0 Å². The maximum Gasteiger partial charge on any atom is 0.407 e.